The van der Waals surface area contributed by atoms with Gasteiger partial charge in [0.25, 0.3) is 5.89 Å². The van der Waals surface area contributed by atoms with Gasteiger partial charge in [0.15, 0.2) is 5.82 Å². The van der Waals surface area contributed by atoms with E-state index in [1.54, 1.807) is 0 Å². The highest BCUT2D eigenvalue weighted by Gasteiger charge is 2.16. The van der Waals surface area contributed by atoms with Gasteiger partial charge in [0, 0.05) is 12.0 Å². The molecule has 0 aliphatic carbocycles. The third kappa shape index (κ3) is 3.84. The van der Waals surface area contributed by atoms with E-state index < -0.39 is 0 Å². The molecule has 0 aliphatic rings. The van der Waals surface area contributed by atoms with Crippen LogP contribution in [-0.2, 0) is 18.0 Å². The predicted molar refractivity (Wildman–Crippen MR) is 83.4 cm³/mol. The summed E-state index contributed by atoms with van der Waals surface area (Å²) in [5, 5.41) is 7.94. The molecule has 0 saturated heterocycles. The third-order valence-corrected chi connectivity index (χ3v) is 3.67. The number of ether oxygens (including phenoxy) is 1. The van der Waals surface area contributed by atoms with Crippen LogP contribution in [0.1, 0.15) is 43.3 Å². The van der Waals surface area contributed by atoms with E-state index >= 15 is 0 Å². The molecule has 23 heavy (non-hydrogen) atoms. The minimum Gasteiger partial charge on any atom is -0.369 e. The number of hydrogen-bond acceptors (Lipinski definition) is 6. The second-order valence-electron chi connectivity index (χ2n) is 5.42. The molecule has 0 aliphatic heterocycles. The first kappa shape index (κ1) is 15.4. The molecule has 0 bridgehead atoms. The quantitative estimate of drug-likeness (QED) is 0.657. The molecule has 0 fully saturated rings. The smallest absolute Gasteiger partial charge is 0.296 e. The molecular weight excluding hydrogens is 294 g/mol. The molecule has 2 heterocycles. The van der Waals surface area contributed by atoms with Crippen molar-refractivity contribution in [2.24, 2.45) is 0 Å². The van der Waals surface area contributed by atoms with Gasteiger partial charge in [0.1, 0.15) is 6.61 Å². The van der Waals surface area contributed by atoms with Crippen molar-refractivity contribution in [2.45, 2.75) is 39.4 Å². The van der Waals surface area contributed by atoms with E-state index in [2.05, 4.69) is 29.1 Å². The summed E-state index contributed by atoms with van der Waals surface area (Å²) in [6.07, 6.45) is 0.994. The lowest BCUT2D eigenvalue weighted by Gasteiger charge is -2.00. The Morgan fingerprint density at radius 1 is 1.09 bits per heavy atom. The van der Waals surface area contributed by atoms with Gasteiger partial charge in [-0.3, -0.25) is 0 Å². The number of aromatic nitrogens is 3. The van der Waals surface area contributed by atoms with Crippen molar-refractivity contribution in [1.29, 1.82) is 0 Å². The summed E-state index contributed by atoms with van der Waals surface area (Å²) in [6.45, 7) is 4.99. The van der Waals surface area contributed by atoms with Crippen LogP contribution in [0.15, 0.2) is 45.4 Å². The van der Waals surface area contributed by atoms with Crippen LogP contribution >= 0.6 is 0 Å². The lowest BCUT2D eigenvalue weighted by Crippen LogP contribution is -1.95. The summed E-state index contributed by atoms with van der Waals surface area (Å²) < 4.78 is 16.1. The summed E-state index contributed by atoms with van der Waals surface area (Å²) in [5.41, 5.74) is 1.99. The fraction of sp³-hybridized carbons (Fsp3) is 0.353. The number of nitrogens with zero attached hydrogens (tertiary/aromatic N) is 3. The van der Waals surface area contributed by atoms with E-state index in [1.165, 1.54) is 0 Å². The first-order chi connectivity index (χ1) is 11.3. The molecule has 0 unspecified atom stereocenters. The monoisotopic (exact) mass is 313 g/mol. The average molecular weight is 313 g/mol. The Balaban J connectivity index is 1.58. The van der Waals surface area contributed by atoms with Crippen molar-refractivity contribution in [3.8, 4) is 11.7 Å². The average Bonchev–Trinajstić information content (AvgIpc) is 3.24. The maximum Gasteiger partial charge on any atom is 0.296 e. The summed E-state index contributed by atoms with van der Waals surface area (Å²) in [6, 6.07) is 11.8. The Hall–Kier alpha value is -2.47. The fourth-order valence-corrected chi connectivity index (χ4v) is 2.08. The van der Waals surface area contributed by atoms with E-state index in [-0.39, 0.29) is 6.61 Å². The van der Waals surface area contributed by atoms with Gasteiger partial charge in [-0.05, 0) is 12.0 Å². The van der Waals surface area contributed by atoms with Crippen LogP contribution in [0.4, 0.5) is 0 Å². The van der Waals surface area contributed by atoms with Crippen molar-refractivity contribution in [3.05, 3.63) is 53.5 Å². The van der Waals surface area contributed by atoms with Gasteiger partial charge in [0.2, 0.25) is 5.76 Å². The normalized spacial score (nSPS) is 12.4. The van der Waals surface area contributed by atoms with Crippen LogP contribution in [0, 0.1) is 0 Å². The molecular formula is C17H19N3O3. The van der Waals surface area contributed by atoms with Gasteiger partial charge in [-0.2, -0.15) is 4.98 Å². The number of hydrogen-bond donors (Lipinski definition) is 0. The molecule has 3 rings (SSSR count). The SMILES string of the molecule is CC[C@@H](C)c1cc(-c2nc(COCc3ccccc3)no2)on1. The Bertz CT molecular complexity index is 736. The fourth-order valence-electron chi connectivity index (χ4n) is 2.08. The molecule has 3 aromatic rings. The molecule has 6 heteroatoms. The standard InChI is InChI=1S/C17H19N3O3/c1-3-12(2)14-9-15(22-19-14)17-18-16(20-23-17)11-21-10-13-7-5-4-6-8-13/h4-9,12H,3,10-11H2,1-2H3/t12-/m1/s1. The summed E-state index contributed by atoms with van der Waals surface area (Å²) in [5.74, 6) is 1.63. The topological polar surface area (TPSA) is 74.2 Å². The summed E-state index contributed by atoms with van der Waals surface area (Å²) >= 11 is 0. The Morgan fingerprint density at radius 3 is 2.70 bits per heavy atom. The zero-order valence-corrected chi connectivity index (χ0v) is 13.2. The van der Waals surface area contributed by atoms with Crippen LogP contribution in [-0.4, -0.2) is 15.3 Å². The molecule has 0 N–H and O–H groups in total. The van der Waals surface area contributed by atoms with Gasteiger partial charge in [-0.15, -0.1) is 0 Å². The van der Waals surface area contributed by atoms with Crippen molar-refractivity contribution in [3.63, 3.8) is 0 Å². The molecule has 0 radical (unpaired) electrons. The lowest BCUT2D eigenvalue weighted by atomic mass is 10.1. The highest BCUT2D eigenvalue weighted by molar-refractivity contribution is 5.44. The van der Waals surface area contributed by atoms with Gasteiger partial charge < -0.3 is 13.8 Å². The lowest BCUT2D eigenvalue weighted by molar-refractivity contribution is 0.0999. The molecule has 1 aromatic carbocycles. The van der Waals surface area contributed by atoms with Crippen LogP contribution < -0.4 is 0 Å². The van der Waals surface area contributed by atoms with Gasteiger partial charge >= 0.3 is 0 Å². The highest BCUT2D eigenvalue weighted by atomic mass is 16.5. The minimum absolute atomic E-state index is 0.282. The van der Waals surface area contributed by atoms with Gasteiger partial charge in [0.05, 0.1) is 12.3 Å². The van der Waals surface area contributed by atoms with E-state index in [1.807, 2.05) is 36.4 Å². The van der Waals surface area contributed by atoms with Crippen molar-refractivity contribution in [1.82, 2.24) is 15.3 Å². The number of rotatable bonds is 7. The second-order valence-corrected chi connectivity index (χ2v) is 5.42. The molecule has 2 aromatic heterocycles. The maximum absolute atomic E-state index is 5.58. The van der Waals surface area contributed by atoms with E-state index in [9.17, 15) is 0 Å². The summed E-state index contributed by atoms with van der Waals surface area (Å²) in [4.78, 5) is 4.27. The minimum atomic E-state index is 0.282. The zero-order valence-electron chi connectivity index (χ0n) is 13.2. The first-order valence-corrected chi connectivity index (χ1v) is 7.67. The molecule has 6 nitrogen and oxygen atoms in total. The third-order valence-electron chi connectivity index (χ3n) is 3.67. The summed E-state index contributed by atoms with van der Waals surface area (Å²) in [7, 11) is 0. The second kappa shape index (κ2) is 7.19. The van der Waals surface area contributed by atoms with Crippen LogP contribution in [0.25, 0.3) is 11.7 Å². The molecule has 120 valence electrons. The van der Waals surface area contributed by atoms with E-state index in [0.717, 1.165) is 17.7 Å². The first-order valence-electron chi connectivity index (χ1n) is 7.67. The van der Waals surface area contributed by atoms with Crippen molar-refractivity contribution < 1.29 is 13.8 Å². The molecule has 0 saturated carbocycles. The largest absolute Gasteiger partial charge is 0.369 e. The maximum atomic E-state index is 5.58. The van der Waals surface area contributed by atoms with E-state index in [4.69, 9.17) is 13.8 Å². The van der Waals surface area contributed by atoms with Crippen molar-refractivity contribution in [2.75, 3.05) is 0 Å². The molecule has 0 spiro atoms. The Morgan fingerprint density at radius 2 is 1.91 bits per heavy atom. The Labute approximate surface area is 134 Å². The molecule has 1 atom stereocenters. The molecule has 0 amide bonds. The van der Waals surface area contributed by atoms with Crippen molar-refractivity contribution >= 4 is 0 Å². The van der Waals surface area contributed by atoms with Gasteiger partial charge in [-0.1, -0.05) is 54.5 Å². The van der Waals surface area contributed by atoms with Crippen LogP contribution in [0.2, 0.25) is 0 Å². The zero-order chi connectivity index (χ0) is 16.1. The van der Waals surface area contributed by atoms with Crippen LogP contribution in [0.3, 0.4) is 0 Å². The van der Waals surface area contributed by atoms with Gasteiger partial charge in [-0.25, -0.2) is 0 Å². The highest BCUT2D eigenvalue weighted by Crippen LogP contribution is 2.24. The van der Waals surface area contributed by atoms with Crippen LogP contribution in [0.5, 0.6) is 0 Å². The predicted octanol–water partition coefficient (Wildman–Crippen LogP) is 3.95. The van der Waals surface area contributed by atoms with E-state index in [0.29, 0.717) is 30.0 Å². The Kier molecular flexibility index (Phi) is 4.83. The number of benzene rings is 1.